The minimum absolute atomic E-state index is 1.06. The van der Waals surface area contributed by atoms with Crippen LogP contribution in [-0.4, -0.2) is 4.57 Å². The average molecular weight is 229 g/mol. The van der Waals surface area contributed by atoms with E-state index in [1.54, 1.807) is 0 Å². The molecule has 0 unspecified atom stereocenters. The van der Waals surface area contributed by atoms with Gasteiger partial charge in [0.25, 0.3) is 0 Å². The van der Waals surface area contributed by atoms with Gasteiger partial charge in [-0.2, -0.15) is 0 Å². The van der Waals surface area contributed by atoms with Crippen molar-refractivity contribution in [2.24, 2.45) is 0 Å². The lowest BCUT2D eigenvalue weighted by Gasteiger charge is -2.09. The number of aryl methyl sites for hydroxylation is 4. The molecule has 0 aliphatic carbocycles. The lowest BCUT2D eigenvalue weighted by molar-refractivity contribution is 0.762. The molecule has 1 nitrogen and oxygen atoms in total. The van der Waals surface area contributed by atoms with Crippen molar-refractivity contribution in [3.05, 3.63) is 34.0 Å². The zero-order chi connectivity index (χ0) is 12.7. The molecule has 0 N–H and O–H groups in total. The first-order chi connectivity index (χ1) is 8.02. The summed E-state index contributed by atoms with van der Waals surface area (Å²) in [5.74, 6) is 0. The Hall–Kier alpha value is -1.24. The van der Waals surface area contributed by atoms with Crippen LogP contribution in [0, 0.1) is 27.7 Å². The quantitative estimate of drug-likeness (QED) is 0.716. The maximum atomic E-state index is 2.45. The van der Waals surface area contributed by atoms with E-state index < -0.39 is 0 Å². The number of aromatic nitrogens is 1. The van der Waals surface area contributed by atoms with E-state index in [-0.39, 0.29) is 0 Å². The summed E-state index contributed by atoms with van der Waals surface area (Å²) in [6.45, 7) is 14.5. The van der Waals surface area contributed by atoms with Crippen LogP contribution < -0.4 is 0 Å². The molecule has 0 amide bonds. The van der Waals surface area contributed by atoms with Crippen molar-refractivity contribution in [3.8, 4) is 0 Å². The van der Waals surface area contributed by atoms with Crippen LogP contribution in [0.15, 0.2) is 6.07 Å². The van der Waals surface area contributed by atoms with Gasteiger partial charge in [-0.15, -0.1) is 0 Å². The molecular weight excluding hydrogens is 206 g/mol. The molecule has 0 saturated heterocycles. The van der Waals surface area contributed by atoms with Gasteiger partial charge in [0.15, 0.2) is 0 Å². The van der Waals surface area contributed by atoms with Gasteiger partial charge in [-0.05, 0) is 69.4 Å². The van der Waals surface area contributed by atoms with E-state index in [4.69, 9.17) is 0 Å². The Morgan fingerprint density at radius 2 is 1.65 bits per heavy atom. The van der Waals surface area contributed by atoms with E-state index in [0.717, 1.165) is 13.0 Å². The minimum Gasteiger partial charge on any atom is -0.345 e. The highest BCUT2D eigenvalue weighted by atomic mass is 15.0. The second-order valence-electron chi connectivity index (χ2n) is 5.00. The SMILES string of the molecule is CCc1c(C)n(CC)c2cc(C)c(C)c(C)c12. The second kappa shape index (κ2) is 4.21. The van der Waals surface area contributed by atoms with Gasteiger partial charge >= 0.3 is 0 Å². The zero-order valence-corrected chi connectivity index (χ0v) is 11.9. The van der Waals surface area contributed by atoms with Crippen LogP contribution in [0.2, 0.25) is 0 Å². The fourth-order valence-corrected chi connectivity index (χ4v) is 3.02. The summed E-state index contributed by atoms with van der Waals surface area (Å²) in [4.78, 5) is 0. The number of hydrogen-bond donors (Lipinski definition) is 0. The Morgan fingerprint density at radius 1 is 1.00 bits per heavy atom. The molecule has 1 heterocycles. The van der Waals surface area contributed by atoms with Crippen molar-refractivity contribution in [2.45, 2.75) is 54.5 Å². The highest BCUT2D eigenvalue weighted by molar-refractivity contribution is 5.90. The molecule has 2 aromatic rings. The largest absolute Gasteiger partial charge is 0.345 e. The minimum atomic E-state index is 1.06. The van der Waals surface area contributed by atoms with Crippen molar-refractivity contribution in [3.63, 3.8) is 0 Å². The summed E-state index contributed by atoms with van der Waals surface area (Å²) in [6.07, 6.45) is 1.12. The summed E-state index contributed by atoms with van der Waals surface area (Å²) < 4.78 is 2.45. The molecule has 0 aliphatic rings. The molecule has 1 aromatic heterocycles. The summed E-state index contributed by atoms with van der Waals surface area (Å²) in [6, 6.07) is 2.35. The van der Waals surface area contributed by atoms with Crippen LogP contribution in [0.1, 0.15) is 41.8 Å². The lowest BCUT2D eigenvalue weighted by Crippen LogP contribution is -1.97. The molecule has 0 aliphatic heterocycles. The van der Waals surface area contributed by atoms with Crippen LogP contribution in [0.5, 0.6) is 0 Å². The van der Waals surface area contributed by atoms with Gasteiger partial charge in [-0.25, -0.2) is 0 Å². The average Bonchev–Trinajstić information content (AvgIpc) is 2.58. The van der Waals surface area contributed by atoms with Crippen LogP contribution in [0.25, 0.3) is 10.9 Å². The zero-order valence-electron chi connectivity index (χ0n) is 11.9. The van der Waals surface area contributed by atoms with Gasteiger partial charge in [0.2, 0.25) is 0 Å². The van der Waals surface area contributed by atoms with Gasteiger partial charge < -0.3 is 4.57 Å². The Balaban J connectivity index is 3.00. The Morgan fingerprint density at radius 3 is 2.18 bits per heavy atom. The van der Waals surface area contributed by atoms with Crippen LogP contribution >= 0.6 is 0 Å². The molecule has 0 radical (unpaired) electrons. The molecule has 0 atom stereocenters. The number of benzene rings is 1. The third kappa shape index (κ3) is 1.60. The Labute approximate surface area is 104 Å². The Kier molecular flexibility index (Phi) is 3.03. The lowest BCUT2D eigenvalue weighted by atomic mass is 9.97. The van der Waals surface area contributed by atoms with Gasteiger partial charge in [0.1, 0.15) is 0 Å². The van der Waals surface area contributed by atoms with Crippen molar-refractivity contribution < 1.29 is 0 Å². The maximum absolute atomic E-state index is 2.45. The summed E-state index contributed by atoms with van der Waals surface area (Å²) in [5.41, 5.74) is 8.71. The van der Waals surface area contributed by atoms with Gasteiger partial charge in [0.05, 0.1) is 0 Å². The second-order valence-corrected chi connectivity index (χ2v) is 5.00. The third-order valence-electron chi connectivity index (χ3n) is 4.24. The van der Waals surface area contributed by atoms with Crippen molar-refractivity contribution in [1.29, 1.82) is 0 Å². The monoisotopic (exact) mass is 229 g/mol. The highest BCUT2D eigenvalue weighted by Gasteiger charge is 2.15. The van der Waals surface area contributed by atoms with E-state index >= 15 is 0 Å². The standard InChI is InChI=1S/C16H23N/c1-7-14-13(6)17(8-2)15-9-10(3)11(4)12(5)16(14)15/h9H,7-8H2,1-6H3. The molecule has 0 bridgehead atoms. The molecule has 0 saturated carbocycles. The molecule has 2 rings (SSSR count). The van der Waals surface area contributed by atoms with E-state index in [1.807, 2.05) is 0 Å². The van der Waals surface area contributed by atoms with Crippen LogP contribution in [0.4, 0.5) is 0 Å². The molecule has 1 heteroatoms. The van der Waals surface area contributed by atoms with E-state index in [2.05, 4.69) is 52.2 Å². The summed E-state index contributed by atoms with van der Waals surface area (Å²) >= 11 is 0. The fraction of sp³-hybridized carbons (Fsp3) is 0.500. The first kappa shape index (κ1) is 12.2. The Bertz CT molecular complexity index is 573. The van der Waals surface area contributed by atoms with Crippen molar-refractivity contribution >= 4 is 10.9 Å². The molecule has 17 heavy (non-hydrogen) atoms. The smallest absolute Gasteiger partial charge is 0.0490 e. The fourth-order valence-electron chi connectivity index (χ4n) is 3.02. The van der Waals surface area contributed by atoms with Crippen LogP contribution in [-0.2, 0) is 13.0 Å². The number of nitrogens with zero attached hydrogens (tertiary/aromatic N) is 1. The van der Waals surface area contributed by atoms with E-state index in [0.29, 0.717) is 0 Å². The van der Waals surface area contributed by atoms with Crippen molar-refractivity contribution in [1.82, 2.24) is 4.57 Å². The first-order valence-electron chi connectivity index (χ1n) is 6.61. The molecule has 92 valence electrons. The molecule has 0 spiro atoms. The van der Waals surface area contributed by atoms with Crippen molar-refractivity contribution in [2.75, 3.05) is 0 Å². The van der Waals surface area contributed by atoms with E-state index in [1.165, 1.54) is 38.9 Å². The van der Waals surface area contributed by atoms with Gasteiger partial charge in [-0.3, -0.25) is 0 Å². The molecule has 0 fully saturated rings. The van der Waals surface area contributed by atoms with Crippen LogP contribution in [0.3, 0.4) is 0 Å². The molecule has 1 aromatic carbocycles. The third-order valence-corrected chi connectivity index (χ3v) is 4.24. The maximum Gasteiger partial charge on any atom is 0.0490 e. The van der Waals surface area contributed by atoms with Gasteiger partial charge in [0, 0.05) is 23.1 Å². The van der Waals surface area contributed by atoms with E-state index in [9.17, 15) is 0 Å². The topological polar surface area (TPSA) is 4.93 Å². The summed E-state index contributed by atoms with van der Waals surface area (Å²) in [5, 5.41) is 1.50. The predicted molar refractivity (Wildman–Crippen MR) is 75.9 cm³/mol. The number of hydrogen-bond acceptors (Lipinski definition) is 0. The normalized spacial score (nSPS) is 11.4. The first-order valence-corrected chi connectivity index (χ1v) is 6.61. The number of fused-ring (bicyclic) bond motifs is 1. The highest BCUT2D eigenvalue weighted by Crippen LogP contribution is 2.32. The van der Waals surface area contributed by atoms with Gasteiger partial charge in [-0.1, -0.05) is 6.92 Å². The molecular formula is C16H23N. The summed E-state index contributed by atoms with van der Waals surface area (Å²) in [7, 11) is 0. The predicted octanol–water partition coefficient (Wildman–Crippen LogP) is 4.46. The number of rotatable bonds is 2.